The molecule has 0 aliphatic rings. The van der Waals surface area contributed by atoms with Crippen LogP contribution in [0.3, 0.4) is 0 Å². The van der Waals surface area contributed by atoms with Crippen molar-refractivity contribution in [3.63, 3.8) is 0 Å². The first kappa shape index (κ1) is 28.6. The quantitative estimate of drug-likeness (QED) is 0.138. The van der Waals surface area contributed by atoms with E-state index in [1.54, 1.807) is 26.0 Å². The number of anilines is 3. The van der Waals surface area contributed by atoms with Gasteiger partial charge in [0, 0.05) is 17.1 Å². The number of rotatable bonds is 11. The Balaban J connectivity index is 1.62. The lowest BCUT2D eigenvalue weighted by Crippen LogP contribution is -2.09. The van der Waals surface area contributed by atoms with Crippen molar-refractivity contribution in [1.29, 1.82) is 10.5 Å². The predicted octanol–water partition coefficient (Wildman–Crippen LogP) is 8.84. The molecule has 200 valence electrons. The lowest BCUT2D eigenvalue weighted by molar-refractivity contribution is 0.219. The van der Waals surface area contributed by atoms with Gasteiger partial charge < -0.3 is 13.9 Å². The molecule has 0 bridgehead atoms. The zero-order chi connectivity index (χ0) is 28.4. The van der Waals surface area contributed by atoms with Gasteiger partial charge in [-0.05, 0) is 79.1 Å². The van der Waals surface area contributed by atoms with Crippen molar-refractivity contribution in [3.8, 4) is 12.1 Å². The van der Waals surface area contributed by atoms with E-state index in [9.17, 15) is 15.1 Å². The summed E-state index contributed by atoms with van der Waals surface area (Å²) in [5.41, 5.74) is 5.83. The monoisotopic (exact) mass is 547 g/mol. The Morgan fingerprint density at radius 1 is 0.725 bits per heavy atom. The normalized spacial score (nSPS) is 11.2. The van der Waals surface area contributed by atoms with Crippen molar-refractivity contribution in [3.05, 3.63) is 125 Å². The Labute approximate surface area is 235 Å². The lowest BCUT2D eigenvalue weighted by atomic mass is 9.99. The molecular formula is C33H30N3O3P. The molecule has 0 aliphatic carbocycles. The molecule has 0 saturated heterocycles. The van der Waals surface area contributed by atoms with E-state index in [4.69, 9.17) is 9.05 Å². The van der Waals surface area contributed by atoms with Crippen LogP contribution in [0.2, 0.25) is 0 Å². The number of nitrogens with zero attached hydrogens (tertiary/aromatic N) is 3. The predicted molar refractivity (Wildman–Crippen MR) is 160 cm³/mol. The lowest BCUT2D eigenvalue weighted by Gasteiger charge is -2.25. The Morgan fingerprint density at radius 3 is 1.75 bits per heavy atom. The van der Waals surface area contributed by atoms with Crippen LogP contribution in [0.1, 0.15) is 41.7 Å². The van der Waals surface area contributed by atoms with Crippen molar-refractivity contribution in [1.82, 2.24) is 0 Å². The Bertz CT molecular complexity index is 1540. The first-order valence-electron chi connectivity index (χ1n) is 13.0. The summed E-state index contributed by atoms with van der Waals surface area (Å²) in [6.07, 6.45) is 3.65. The maximum Gasteiger partial charge on any atom is 0.335 e. The van der Waals surface area contributed by atoms with Crippen LogP contribution in [0.25, 0.3) is 12.2 Å². The number of hydrogen-bond donors (Lipinski definition) is 0. The fourth-order valence-corrected chi connectivity index (χ4v) is 6.11. The number of para-hydroxylation sites is 2. The maximum absolute atomic E-state index is 13.0. The fraction of sp³-hybridized carbons (Fsp3) is 0.152. The smallest absolute Gasteiger partial charge is 0.311 e. The molecular weight excluding hydrogens is 517 g/mol. The minimum Gasteiger partial charge on any atom is -0.311 e. The van der Waals surface area contributed by atoms with Crippen molar-refractivity contribution in [2.75, 3.05) is 18.1 Å². The van der Waals surface area contributed by atoms with Gasteiger partial charge in [-0.15, -0.1) is 0 Å². The first-order valence-corrected chi connectivity index (χ1v) is 14.8. The zero-order valence-corrected chi connectivity index (χ0v) is 23.4. The highest BCUT2D eigenvalue weighted by Gasteiger charge is 2.26. The molecule has 0 unspecified atom stereocenters. The van der Waals surface area contributed by atoms with E-state index in [1.807, 2.05) is 72.8 Å². The number of benzene rings is 4. The minimum absolute atomic E-state index is 0.0724. The second-order valence-electron chi connectivity index (χ2n) is 8.86. The van der Waals surface area contributed by atoms with E-state index in [-0.39, 0.29) is 19.4 Å². The molecule has 0 saturated carbocycles. The Morgan fingerprint density at radius 2 is 1.25 bits per heavy atom. The summed E-state index contributed by atoms with van der Waals surface area (Å²) in [5, 5.41) is 19.6. The van der Waals surface area contributed by atoms with Crippen molar-refractivity contribution < 1.29 is 13.6 Å². The van der Waals surface area contributed by atoms with E-state index >= 15 is 0 Å². The summed E-state index contributed by atoms with van der Waals surface area (Å²) < 4.78 is 23.8. The topological polar surface area (TPSA) is 86.4 Å². The van der Waals surface area contributed by atoms with E-state index in [0.29, 0.717) is 22.3 Å². The summed E-state index contributed by atoms with van der Waals surface area (Å²) in [7, 11) is -3.43. The van der Waals surface area contributed by atoms with Gasteiger partial charge in [0.2, 0.25) is 0 Å². The molecule has 0 radical (unpaired) electrons. The maximum atomic E-state index is 13.0. The van der Waals surface area contributed by atoms with Crippen LogP contribution < -0.4 is 4.90 Å². The van der Waals surface area contributed by atoms with E-state index in [1.165, 1.54) is 0 Å². The van der Waals surface area contributed by atoms with Crippen molar-refractivity contribution in [2.24, 2.45) is 0 Å². The average molecular weight is 548 g/mol. The van der Waals surface area contributed by atoms with Gasteiger partial charge in [-0.25, -0.2) is 0 Å². The van der Waals surface area contributed by atoms with Crippen molar-refractivity contribution in [2.45, 2.75) is 20.0 Å². The van der Waals surface area contributed by atoms with Gasteiger partial charge in [0.25, 0.3) is 0 Å². The summed E-state index contributed by atoms with van der Waals surface area (Å²) >= 11 is 0. The van der Waals surface area contributed by atoms with Crippen LogP contribution in [-0.2, 0) is 19.8 Å². The summed E-state index contributed by atoms with van der Waals surface area (Å²) in [6.45, 7) is 3.91. The molecule has 0 atom stereocenters. The second-order valence-corrected chi connectivity index (χ2v) is 10.9. The van der Waals surface area contributed by atoms with Crippen LogP contribution in [0.4, 0.5) is 17.1 Å². The standard InChI is InChI=1S/C33H30N3O3P/c1-3-38-40(37,39-4-2)25-30-22-28(23-34)27(21-29(30)24-35)18-15-26-16-19-33(20-17-26)36(31-11-7-5-8-12-31)32-13-9-6-10-14-32/h5-22H,3-4,25H2,1-2H3/b18-15+. The molecule has 0 N–H and O–H groups in total. The molecule has 0 amide bonds. The van der Waals surface area contributed by atoms with Gasteiger partial charge in [-0.1, -0.05) is 60.7 Å². The van der Waals surface area contributed by atoms with E-state index in [0.717, 1.165) is 22.6 Å². The molecule has 4 aromatic carbocycles. The molecule has 0 spiro atoms. The van der Waals surface area contributed by atoms with Gasteiger partial charge in [-0.2, -0.15) is 10.5 Å². The molecule has 6 nitrogen and oxygen atoms in total. The largest absolute Gasteiger partial charge is 0.335 e. The van der Waals surface area contributed by atoms with Gasteiger partial charge in [-0.3, -0.25) is 4.57 Å². The van der Waals surface area contributed by atoms with Crippen LogP contribution in [0.15, 0.2) is 97.1 Å². The molecule has 0 fully saturated rings. The Kier molecular flexibility index (Phi) is 9.68. The minimum atomic E-state index is -3.43. The highest BCUT2D eigenvalue weighted by molar-refractivity contribution is 7.53. The molecule has 4 aromatic rings. The SMILES string of the molecule is CCOP(=O)(Cc1cc(C#N)c(/C=C/c2ccc(N(c3ccccc3)c3ccccc3)cc2)cc1C#N)OCC. The third-order valence-electron chi connectivity index (χ3n) is 6.17. The average Bonchev–Trinajstić information content (AvgIpc) is 2.98. The van der Waals surface area contributed by atoms with Gasteiger partial charge in [0.05, 0.1) is 42.6 Å². The molecule has 0 heterocycles. The van der Waals surface area contributed by atoms with Gasteiger partial charge in [0.15, 0.2) is 0 Å². The Hall–Kier alpha value is -4.45. The van der Waals surface area contributed by atoms with Gasteiger partial charge in [0.1, 0.15) is 0 Å². The van der Waals surface area contributed by atoms with Crippen LogP contribution in [-0.4, -0.2) is 13.2 Å². The molecule has 7 heteroatoms. The van der Waals surface area contributed by atoms with Gasteiger partial charge >= 0.3 is 7.60 Å². The molecule has 40 heavy (non-hydrogen) atoms. The molecule has 0 aromatic heterocycles. The fourth-order valence-electron chi connectivity index (χ4n) is 4.38. The van der Waals surface area contributed by atoms with Crippen LogP contribution in [0, 0.1) is 22.7 Å². The summed E-state index contributed by atoms with van der Waals surface area (Å²) in [4.78, 5) is 2.18. The summed E-state index contributed by atoms with van der Waals surface area (Å²) in [6, 6.07) is 36.1. The highest BCUT2D eigenvalue weighted by atomic mass is 31.2. The molecule has 4 rings (SSSR count). The van der Waals surface area contributed by atoms with Crippen molar-refractivity contribution >= 4 is 36.8 Å². The van der Waals surface area contributed by atoms with Crippen LogP contribution >= 0.6 is 7.60 Å². The second kappa shape index (κ2) is 13.6. The zero-order valence-electron chi connectivity index (χ0n) is 22.5. The number of hydrogen-bond acceptors (Lipinski definition) is 6. The van der Waals surface area contributed by atoms with E-state index in [2.05, 4.69) is 41.3 Å². The van der Waals surface area contributed by atoms with E-state index < -0.39 is 7.60 Å². The van der Waals surface area contributed by atoms with Crippen LogP contribution in [0.5, 0.6) is 0 Å². The summed E-state index contributed by atoms with van der Waals surface area (Å²) in [5.74, 6) is 0. The third-order valence-corrected chi connectivity index (χ3v) is 8.20. The first-order chi connectivity index (χ1) is 19.5. The highest BCUT2D eigenvalue weighted by Crippen LogP contribution is 2.51. The number of nitriles is 2. The molecule has 0 aliphatic heterocycles. The third kappa shape index (κ3) is 6.94.